The Morgan fingerprint density at radius 3 is 2.57 bits per heavy atom. The van der Waals surface area contributed by atoms with Gasteiger partial charge in [0.25, 0.3) is 5.91 Å². The van der Waals surface area contributed by atoms with Crippen LogP contribution in [0.15, 0.2) is 18.2 Å². The highest BCUT2D eigenvalue weighted by Crippen LogP contribution is 2.21. The van der Waals surface area contributed by atoms with Crippen LogP contribution in [0.2, 0.25) is 5.02 Å². The van der Waals surface area contributed by atoms with Crippen molar-refractivity contribution in [3.63, 3.8) is 0 Å². The summed E-state index contributed by atoms with van der Waals surface area (Å²) in [7, 11) is -3.40. The van der Waals surface area contributed by atoms with Crippen molar-refractivity contribution >= 4 is 33.2 Å². The van der Waals surface area contributed by atoms with Crippen molar-refractivity contribution in [3.8, 4) is 0 Å². The first-order valence-electron chi connectivity index (χ1n) is 7.82. The van der Waals surface area contributed by atoms with Crippen LogP contribution in [-0.4, -0.2) is 27.1 Å². The highest BCUT2D eigenvalue weighted by Gasteiger charge is 2.14. The second-order valence-electron chi connectivity index (χ2n) is 5.70. The van der Waals surface area contributed by atoms with E-state index in [-0.39, 0.29) is 11.5 Å². The molecule has 130 valence electrons. The third kappa shape index (κ3) is 7.22. The number of halogens is 1. The van der Waals surface area contributed by atoms with Crippen LogP contribution < -0.4 is 10.0 Å². The second kappa shape index (κ2) is 9.13. The van der Waals surface area contributed by atoms with Crippen LogP contribution in [0.4, 0.5) is 5.69 Å². The molecule has 1 aromatic carbocycles. The lowest BCUT2D eigenvalue weighted by Crippen LogP contribution is -2.29. The molecule has 1 aromatic rings. The van der Waals surface area contributed by atoms with Crippen LogP contribution >= 0.6 is 11.6 Å². The lowest BCUT2D eigenvalue weighted by molar-refractivity contribution is 0.0946. The molecule has 1 amide bonds. The summed E-state index contributed by atoms with van der Waals surface area (Å²) < 4.78 is 24.9. The van der Waals surface area contributed by atoms with Crippen LogP contribution in [-0.2, 0) is 10.0 Å². The fourth-order valence-corrected chi connectivity index (χ4v) is 3.01. The number of unbranched alkanes of at least 4 members (excludes halogenated alkanes) is 1. The zero-order valence-corrected chi connectivity index (χ0v) is 15.4. The van der Waals surface area contributed by atoms with Gasteiger partial charge in [-0.1, -0.05) is 44.7 Å². The molecule has 0 bridgehead atoms. The number of hydrogen-bond acceptors (Lipinski definition) is 3. The largest absolute Gasteiger partial charge is 0.352 e. The Balaban J connectivity index is 2.76. The third-order valence-electron chi connectivity index (χ3n) is 3.61. The second-order valence-corrected chi connectivity index (χ2v) is 7.85. The average Bonchev–Trinajstić information content (AvgIpc) is 2.47. The van der Waals surface area contributed by atoms with E-state index in [2.05, 4.69) is 23.9 Å². The smallest absolute Gasteiger partial charge is 0.252 e. The molecule has 0 aliphatic carbocycles. The first-order valence-corrected chi connectivity index (χ1v) is 10.1. The van der Waals surface area contributed by atoms with Crippen molar-refractivity contribution in [1.29, 1.82) is 0 Å². The first kappa shape index (κ1) is 19.8. The molecule has 2 N–H and O–H groups in total. The summed E-state index contributed by atoms with van der Waals surface area (Å²) in [6.45, 7) is 4.84. The molecule has 0 radical (unpaired) electrons. The highest BCUT2D eigenvalue weighted by molar-refractivity contribution is 7.92. The standard InChI is InChI=1S/C16H25ClN2O3S/c1-4-6-7-12(5-2)11-18-16(20)14-10-13(8-9-15(14)17)19-23(3,21)22/h8-10,12,19H,4-7,11H2,1-3H3,(H,18,20)/t12-/m1/s1. The van der Waals surface area contributed by atoms with Gasteiger partial charge >= 0.3 is 0 Å². The van der Waals surface area contributed by atoms with E-state index in [4.69, 9.17) is 11.6 Å². The SMILES string of the molecule is CCCC[C@@H](CC)CNC(=O)c1cc(NS(C)(=O)=O)ccc1Cl. The Hall–Kier alpha value is -1.27. The number of amides is 1. The monoisotopic (exact) mass is 360 g/mol. The summed E-state index contributed by atoms with van der Waals surface area (Å²) >= 11 is 6.06. The molecule has 0 spiro atoms. The zero-order valence-electron chi connectivity index (χ0n) is 13.9. The van der Waals surface area contributed by atoms with Gasteiger partial charge in [-0.15, -0.1) is 0 Å². The topological polar surface area (TPSA) is 75.3 Å². The van der Waals surface area contributed by atoms with Crippen LogP contribution in [0.1, 0.15) is 49.9 Å². The van der Waals surface area contributed by atoms with Crippen LogP contribution in [0.5, 0.6) is 0 Å². The fourth-order valence-electron chi connectivity index (χ4n) is 2.25. The molecule has 7 heteroatoms. The van der Waals surface area contributed by atoms with E-state index in [0.29, 0.717) is 23.2 Å². The summed E-state index contributed by atoms with van der Waals surface area (Å²) in [5.74, 6) is 0.150. The van der Waals surface area contributed by atoms with Crippen molar-refractivity contribution in [2.75, 3.05) is 17.5 Å². The van der Waals surface area contributed by atoms with Gasteiger partial charge in [0.1, 0.15) is 0 Å². The minimum Gasteiger partial charge on any atom is -0.352 e. The molecular formula is C16H25ClN2O3S. The number of hydrogen-bond donors (Lipinski definition) is 2. The normalized spacial score (nSPS) is 12.7. The maximum Gasteiger partial charge on any atom is 0.252 e. The van der Waals surface area contributed by atoms with Gasteiger partial charge in [-0.2, -0.15) is 0 Å². The number of sulfonamides is 1. The third-order valence-corrected chi connectivity index (χ3v) is 4.54. The zero-order chi connectivity index (χ0) is 17.5. The van der Waals surface area contributed by atoms with E-state index < -0.39 is 10.0 Å². The molecule has 0 aliphatic rings. The summed E-state index contributed by atoms with van der Waals surface area (Å²) in [6, 6.07) is 4.49. The minimum absolute atomic E-state index is 0.269. The van der Waals surface area contributed by atoms with Crippen LogP contribution in [0, 0.1) is 5.92 Å². The highest BCUT2D eigenvalue weighted by atomic mass is 35.5. The predicted octanol–water partition coefficient (Wildman–Crippen LogP) is 3.66. The first-order chi connectivity index (χ1) is 10.8. The molecular weight excluding hydrogens is 336 g/mol. The molecule has 23 heavy (non-hydrogen) atoms. The minimum atomic E-state index is -3.40. The van der Waals surface area contributed by atoms with Gasteiger partial charge in [0.15, 0.2) is 0 Å². The number of carbonyl (C=O) groups is 1. The van der Waals surface area contributed by atoms with E-state index in [0.717, 1.165) is 31.9 Å². The Labute approximate surface area is 143 Å². The lowest BCUT2D eigenvalue weighted by Gasteiger charge is -2.16. The van der Waals surface area contributed by atoms with Gasteiger partial charge in [-0.05, 0) is 30.5 Å². The van der Waals surface area contributed by atoms with Crippen LogP contribution in [0.25, 0.3) is 0 Å². The molecule has 5 nitrogen and oxygen atoms in total. The number of rotatable bonds is 9. The number of carbonyl (C=O) groups excluding carboxylic acids is 1. The van der Waals surface area contributed by atoms with Crippen molar-refractivity contribution in [1.82, 2.24) is 5.32 Å². The lowest BCUT2D eigenvalue weighted by atomic mass is 9.99. The average molecular weight is 361 g/mol. The number of nitrogens with one attached hydrogen (secondary N) is 2. The van der Waals surface area contributed by atoms with E-state index in [9.17, 15) is 13.2 Å². The molecule has 1 atom stereocenters. The summed E-state index contributed by atoms with van der Waals surface area (Å²) in [6.07, 6.45) is 5.42. The van der Waals surface area contributed by atoms with Gasteiger partial charge < -0.3 is 5.32 Å². The summed E-state index contributed by atoms with van der Waals surface area (Å²) in [5, 5.41) is 3.18. The van der Waals surface area contributed by atoms with E-state index in [1.165, 1.54) is 18.2 Å². The van der Waals surface area contributed by atoms with Crippen LogP contribution in [0.3, 0.4) is 0 Å². The van der Waals surface area contributed by atoms with Crippen molar-refractivity contribution in [2.45, 2.75) is 39.5 Å². The van der Waals surface area contributed by atoms with Gasteiger partial charge in [-0.3, -0.25) is 9.52 Å². The van der Waals surface area contributed by atoms with Crippen molar-refractivity contribution in [3.05, 3.63) is 28.8 Å². The maximum absolute atomic E-state index is 12.3. The summed E-state index contributed by atoms with van der Waals surface area (Å²) in [5.41, 5.74) is 0.589. The van der Waals surface area contributed by atoms with Gasteiger partial charge in [0.2, 0.25) is 10.0 Å². The summed E-state index contributed by atoms with van der Waals surface area (Å²) in [4.78, 5) is 12.3. The Bertz CT molecular complexity index is 632. The van der Waals surface area contributed by atoms with Gasteiger partial charge in [0, 0.05) is 12.2 Å². The van der Waals surface area contributed by atoms with Crippen molar-refractivity contribution < 1.29 is 13.2 Å². The molecule has 0 unspecified atom stereocenters. The fraction of sp³-hybridized carbons (Fsp3) is 0.562. The molecule has 1 rings (SSSR count). The van der Waals surface area contributed by atoms with E-state index >= 15 is 0 Å². The molecule has 0 fully saturated rings. The molecule has 0 aliphatic heterocycles. The Kier molecular flexibility index (Phi) is 7.85. The number of benzene rings is 1. The maximum atomic E-state index is 12.3. The van der Waals surface area contributed by atoms with Crippen molar-refractivity contribution in [2.24, 2.45) is 5.92 Å². The molecule has 0 saturated carbocycles. The molecule has 0 aromatic heterocycles. The molecule has 0 saturated heterocycles. The number of anilines is 1. The van der Waals surface area contributed by atoms with E-state index in [1.807, 2.05) is 0 Å². The van der Waals surface area contributed by atoms with Gasteiger partial charge in [0.05, 0.1) is 16.8 Å². The Morgan fingerprint density at radius 2 is 2.00 bits per heavy atom. The van der Waals surface area contributed by atoms with Gasteiger partial charge in [-0.25, -0.2) is 8.42 Å². The predicted molar refractivity (Wildman–Crippen MR) is 95.6 cm³/mol. The quantitative estimate of drug-likeness (QED) is 0.705. The Morgan fingerprint density at radius 1 is 1.30 bits per heavy atom. The van der Waals surface area contributed by atoms with E-state index in [1.54, 1.807) is 0 Å². The molecule has 0 heterocycles.